The van der Waals surface area contributed by atoms with E-state index in [2.05, 4.69) is 13.2 Å². The second-order valence-corrected chi connectivity index (χ2v) is 5.97. The first-order valence-electron chi connectivity index (χ1n) is 8.35. The molecule has 136 valence electrons. The molecule has 0 atom stereocenters. The zero-order chi connectivity index (χ0) is 19.4. The molecule has 0 aliphatic heterocycles. The lowest BCUT2D eigenvalue weighted by Gasteiger charge is -2.26. The van der Waals surface area contributed by atoms with Gasteiger partial charge in [0.05, 0.1) is 5.56 Å². The highest BCUT2D eigenvalue weighted by Gasteiger charge is 2.30. The van der Waals surface area contributed by atoms with Crippen LogP contribution in [-0.4, -0.2) is 0 Å². The van der Waals surface area contributed by atoms with Crippen LogP contribution in [0.2, 0.25) is 0 Å². The minimum Gasteiger partial charge on any atom is -0.311 e. The van der Waals surface area contributed by atoms with Crippen molar-refractivity contribution < 1.29 is 13.2 Å². The fourth-order valence-electron chi connectivity index (χ4n) is 2.77. The summed E-state index contributed by atoms with van der Waals surface area (Å²) in [6.07, 6.45) is -0.878. The van der Waals surface area contributed by atoms with Gasteiger partial charge in [-0.1, -0.05) is 49.6 Å². The highest BCUT2D eigenvalue weighted by Crippen LogP contribution is 2.37. The van der Waals surface area contributed by atoms with Crippen molar-refractivity contribution in [2.75, 3.05) is 4.90 Å². The Bertz CT molecular complexity index is 870. The Balaban J connectivity index is 2.07. The molecule has 0 amide bonds. The van der Waals surface area contributed by atoms with E-state index in [-0.39, 0.29) is 0 Å². The van der Waals surface area contributed by atoms with Crippen LogP contribution in [0.4, 0.5) is 30.2 Å². The lowest BCUT2D eigenvalue weighted by Crippen LogP contribution is -2.11. The highest BCUT2D eigenvalue weighted by atomic mass is 19.4. The van der Waals surface area contributed by atoms with Gasteiger partial charge in [0.1, 0.15) is 0 Å². The molecule has 0 spiro atoms. The Hall–Kier alpha value is -3.27. The molecule has 3 aromatic rings. The monoisotopic (exact) mass is 365 g/mol. The van der Waals surface area contributed by atoms with Gasteiger partial charge < -0.3 is 4.90 Å². The van der Waals surface area contributed by atoms with Crippen molar-refractivity contribution in [1.29, 1.82) is 0 Å². The van der Waals surface area contributed by atoms with Gasteiger partial charge in [0.2, 0.25) is 0 Å². The van der Waals surface area contributed by atoms with Gasteiger partial charge in [-0.15, -0.1) is 0 Å². The normalized spacial score (nSPS) is 11.1. The molecule has 0 aliphatic carbocycles. The summed E-state index contributed by atoms with van der Waals surface area (Å²) in [5.41, 5.74) is 3.58. The molecular formula is C23H18F3N. The van der Waals surface area contributed by atoms with Gasteiger partial charge in [0.25, 0.3) is 0 Å². The Labute approximate surface area is 156 Å². The van der Waals surface area contributed by atoms with Crippen molar-refractivity contribution in [3.8, 4) is 0 Å². The SMILES string of the molecule is C=Cc1ccc(N(c2ccc(C=C)cc2)c2ccc(C(F)(F)F)cc2)cc1. The third-order valence-corrected chi connectivity index (χ3v) is 4.23. The van der Waals surface area contributed by atoms with Crippen LogP contribution in [0.25, 0.3) is 12.2 Å². The molecular weight excluding hydrogens is 347 g/mol. The molecule has 0 unspecified atom stereocenters. The average molecular weight is 365 g/mol. The zero-order valence-corrected chi connectivity index (χ0v) is 14.6. The van der Waals surface area contributed by atoms with Crippen LogP contribution in [0, 0.1) is 0 Å². The van der Waals surface area contributed by atoms with Crippen molar-refractivity contribution in [2.24, 2.45) is 0 Å². The molecule has 0 saturated heterocycles. The van der Waals surface area contributed by atoms with Crippen molar-refractivity contribution in [3.05, 3.63) is 103 Å². The molecule has 3 rings (SSSR count). The summed E-state index contributed by atoms with van der Waals surface area (Å²) in [5.74, 6) is 0. The van der Waals surface area contributed by atoms with E-state index in [0.717, 1.165) is 34.6 Å². The quantitative estimate of drug-likeness (QED) is 0.453. The maximum Gasteiger partial charge on any atom is 0.416 e. The van der Waals surface area contributed by atoms with Crippen LogP contribution in [0.15, 0.2) is 86.0 Å². The van der Waals surface area contributed by atoms with E-state index in [0.29, 0.717) is 5.69 Å². The number of halogens is 3. The Kier molecular flexibility index (Phi) is 5.17. The fraction of sp³-hybridized carbons (Fsp3) is 0.0435. The number of benzene rings is 3. The van der Waals surface area contributed by atoms with Gasteiger partial charge in [-0.3, -0.25) is 0 Å². The number of nitrogens with zero attached hydrogens (tertiary/aromatic N) is 1. The third-order valence-electron chi connectivity index (χ3n) is 4.23. The molecule has 4 heteroatoms. The van der Waals surface area contributed by atoms with Crippen LogP contribution in [0.3, 0.4) is 0 Å². The second kappa shape index (κ2) is 7.54. The van der Waals surface area contributed by atoms with Crippen molar-refractivity contribution in [2.45, 2.75) is 6.18 Å². The van der Waals surface area contributed by atoms with Crippen LogP contribution in [0.5, 0.6) is 0 Å². The van der Waals surface area contributed by atoms with Crippen molar-refractivity contribution in [1.82, 2.24) is 0 Å². The van der Waals surface area contributed by atoms with Gasteiger partial charge in [0.15, 0.2) is 0 Å². The largest absolute Gasteiger partial charge is 0.416 e. The van der Waals surface area contributed by atoms with E-state index < -0.39 is 11.7 Å². The molecule has 0 fully saturated rings. The first-order chi connectivity index (χ1) is 12.9. The lowest BCUT2D eigenvalue weighted by atomic mass is 10.1. The number of rotatable bonds is 5. The van der Waals surface area contributed by atoms with Crippen molar-refractivity contribution in [3.63, 3.8) is 0 Å². The smallest absolute Gasteiger partial charge is 0.311 e. The highest BCUT2D eigenvalue weighted by molar-refractivity contribution is 5.77. The second-order valence-electron chi connectivity index (χ2n) is 5.97. The minimum absolute atomic E-state index is 0.640. The van der Waals surface area contributed by atoms with Gasteiger partial charge in [-0.05, 0) is 59.7 Å². The summed E-state index contributed by atoms with van der Waals surface area (Å²) >= 11 is 0. The summed E-state index contributed by atoms with van der Waals surface area (Å²) in [5, 5.41) is 0. The first kappa shape index (κ1) is 18.5. The van der Waals surface area contributed by atoms with Crippen LogP contribution in [-0.2, 0) is 6.18 Å². The standard InChI is InChI=1S/C23H18F3N/c1-3-17-5-11-20(12-6-17)27(21-13-7-18(4-2)8-14-21)22-15-9-19(10-16-22)23(24,25)26/h3-16H,1-2H2. The summed E-state index contributed by atoms with van der Waals surface area (Å²) in [6, 6.07) is 20.5. The molecule has 0 N–H and O–H groups in total. The van der Waals surface area contributed by atoms with E-state index in [9.17, 15) is 13.2 Å². The Morgan fingerprint density at radius 2 is 0.926 bits per heavy atom. The molecule has 3 aromatic carbocycles. The lowest BCUT2D eigenvalue weighted by molar-refractivity contribution is -0.137. The maximum atomic E-state index is 12.9. The summed E-state index contributed by atoms with van der Waals surface area (Å²) in [6.45, 7) is 7.49. The molecule has 0 aromatic heterocycles. The topological polar surface area (TPSA) is 3.24 Å². The molecule has 0 aliphatic rings. The van der Waals surface area contributed by atoms with Crippen LogP contribution >= 0.6 is 0 Å². The van der Waals surface area contributed by atoms with Crippen LogP contribution < -0.4 is 4.90 Å². The molecule has 0 bridgehead atoms. The molecule has 0 heterocycles. The van der Waals surface area contributed by atoms with Crippen molar-refractivity contribution >= 4 is 29.2 Å². The predicted octanol–water partition coefficient (Wildman–Crippen LogP) is 7.46. The summed E-state index contributed by atoms with van der Waals surface area (Å²) < 4.78 is 38.7. The molecule has 0 saturated carbocycles. The minimum atomic E-state index is -4.36. The number of hydrogen-bond acceptors (Lipinski definition) is 1. The van der Waals surface area contributed by atoms with Gasteiger partial charge in [-0.2, -0.15) is 13.2 Å². The predicted molar refractivity (Wildman–Crippen MR) is 106 cm³/mol. The number of hydrogen-bond donors (Lipinski definition) is 0. The zero-order valence-electron chi connectivity index (χ0n) is 14.6. The van der Waals surface area contributed by atoms with Gasteiger partial charge in [-0.25, -0.2) is 0 Å². The molecule has 27 heavy (non-hydrogen) atoms. The summed E-state index contributed by atoms with van der Waals surface area (Å²) in [7, 11) is 0. The molecule has 0 radical (unpaired) electrons. The summed E-state index contributed by atoms with van der Waals surface area (Å²) in [4.78, 5) is 1.90. The first-order valence-corrected chi connectivity index (χ1v) is 8.35. The Morgan fingerprint density at radius 1 is 0.593 bits per heavy atom. The molecule has 1 nitrogen and oxygen atoms in total. The van der Waals surface area contributed by atoms with E-state index >= 15 is 0 Å². The third kappa shape index (κ3) is 4.11. The fourth-order valence-corrected chi connectivity index (χ4v) is 2.77. The van der Waals surface area contributed by atoms with Gasteiger partial charge in [0, 0.05) is 17.1 Å². The van der Waals surface area contributed by atoms with Gasteiger partial charge >= 0.3 is 6.18 Å². The van der Waals surface area contributed by atoms with E-state index in [1.807, 2.05) is 53.4 Å². The van der Waals surface area contributed by atoms with Crippen LogP contribution in [0.1, 0.15) is 16.7 Å². The van der Waals surface area contributed by atoms with E-state index in [4.69, 9.17) is 0 Å². The average Bonchev–Trinajstić information content (AvgIpc) is 2.69. The van der Waals surface area contributed by atoms with E-state index in [1.54, 1.807) is 12.2 Å². The maximum absolute atomic E-state index is 12.9. The Morgan fingerprint density at radius 3 is 1.22 bits per heavy atom. The van der Waals surface area contributed by atoms with E-state index in [1.165, 1.54) is 12.1 Å². The number of alkyl halides is 3. The number of anilines is 3.